The number of aliphatic carboxylic acids is 1. The van der Waals surface area contributed by atoms with Gasteiger partial charge in [-0.05, 0) is 82.7 Å². The lowest BCUT2D eigenvalue weighted by molar-refractivity contribution is -0.145. The van der Waals surface area contributed by atoms with E-state index >= 15 is 0 Å². The van der Waals surface area contributed by atoms with E-state index in [1.54, 1.807) is 46.0 Å². The first-order valence-corrected chi connectivity index (χ1v) is 13.3. The van der Waals surface area contributed by atoms with Crippen LogP contribution in [0.3, 0.4) is 0 Å². The highest BCUT2D eigenvalue weighted by Crippen LogP contribution is 2.43. The van der Waals surface area contributed by atoms with E-state index in [0.29, 0.717) is 39.9 Å². The molecule has 0 radical (unpaired) electrons. The molecule has 0 bridgehead atoms. The molecule has 0 aliphatic heterocycles. The number of aromatic nitrogens is 3. The molecule has 2 aromatic heterocycles. The van der Waals surface area contributed by atoms with E-state index in [9.17, 15) is 33.0 Å². The van der Waals surface area contributed by atoms with Gasteiger partial charge in [0.05, 0.1) is 16.5 Å². The second-order valence-electron chi connectivity index (χ2n) is 10.8. The molecule has 1 aliphatic carbocycles. The zero-order valence-corrected chi connectivity index (χ0v) is 23.1. The van der Waals surface area contributed by atoms with Crippen molar-refractivity contribution in [3.05, 3.63) is 52.9 Å². The van der Waals surface area contributed by atoms with Crippen molar-refractivity contribution in [2.45, 2.75) is 70.8 Å². The molecule has 3 aromatic rings. The number of anilines is 2. The summed E-state index contributed by atoms with van der Waals surface area (Å²) in [5, 5.41) is 20.9. The molecule has 1 aliphatic rings. The van der Waals surface area contributed by atoms with E-state index in [1.807, 2.05) is 6.07 Å². The molecule has 9 nitrogen and oxygen atoms in total. The first-order chi connectivity index (χ1) is 18.6. The number of ether oxygens (including phenoxy) is 1. The summed E-state index contributed by atoms with van der Waals surface area (Å²) >= 11 is 1.23. The normalized spacial score (nSPS) is 19.8. The second-order valence-corrected chi connectivity index (χ2v) is 11.8. The molecule has 4 rings (SSSR count). The van der Waals surface area contributed by atoms with Gasteiger partial charge in [0.2, 0.25) is 5.95 Å². The molecule has 40 heavy (non-hydrogen) atoms. The fourth-order valence-electron chi connectivity index (χ4n) is 4.44. The van der Waals surface area contributed by atoms with Crippen LogP contribution in [0.15, 0.2) is 36.7 Å². The molecule has 2 N–H and O–H groups in total. The van der Waals surface area contributed by atoms with E-state index in [2.05, 4.69) is 15.0 Å². The largest absolute Gasteiger partial charge is 0.481 e. The standard InChI is InChI=1S/C27H29F3N4O5S/c1-15-11-17(19-14-32-22(40-19)26(38)8-5-16(6-9-26)21(35)36)13-18(12-15)34(24(37)39-25(2,3)4)23-31-10-7-20(33-23)27(28,29)30/h7,10-14,16,38H,5-6,8-9H2,1-4H3,(H,35,36). The van der Waals surface area contributed by atoms with Crippen molar-refractivity contribution in [2.24, 2.45) is 5.92 Å². The van der Waals surface area contributed by atoms with Gasteiger partial charge in [0.1, 0.15) is 21.9 Å². The first-order valence-electron chi connectivity index (χ1n) is 12.5. The minimum Gasteiger partial charge on any atom is -0.481 e. The minimum absolute atomic E-state index is 0.180. The van der Waals surface area contributed by atoms with E-state index in [-0.39, 0.29) is 18.5 Å². The van der Waals surface area contributed by atoms with Gasteiger partial charge in [-0.25, -0.2) is 24.6 Å². The topological polar surface area (TPSA) is 126 Å². The van der Waals surface area contributed by atoms with E-state index in [1.165, 1.54) is 11.3 Å². The third-order valence-corrected chi connectivity index (χ3v) is 7.62. The third-order valence-electron chi connectivity index (χ3n) is 6.38. The van der Waals surface area contributed by atoms with Crippen molar-refractivity contribution in [3.8, 4) is 10.4 Å². The number of thiazole rings is 1. The minimum atomic E-state index is -4.75. The van der Waals surface area contributed by atoms with E-state index in [0.717, 1.165) is 11.1 Å². The zero-order valence-electron chi connectivity index (χ0n) is 22.3. The highest BCUT2D eigenvalue weighted by Gasteiger charge is 2.39. The van der Waals surface area contributed by atoms with Crippen LogP contribution in [0.4, 0.5) is 29.6 Å². The molecule has 13 heteroatoms. The summed E-state index contributed by atoms with van der Waals surface area (Å²) < 4.78 is 45.8. The molecule has 2 heterocycles. The van der Waals surface area contributed by atoms with E-state index in [4.69, 9.17) is 4.74 Å². The number of rotatable bonds is 5. The maximum Gasteiger partial charge on any atom is 0.433 e. The number of carbonyl (C=O) groups excluding carboxylic acids is 1. The Kier molecular flexibility index (Phi) is 7.92. The second kappa shape index (κ2) is 10.8. The zero-order chi connectivity index (χ0) is 29.5. The van der Waals surface area contributed by atoms with Crippen LogP contribution in [0, 0.1) is 12.8 Å². The van der Waals surface area contributed by atoms with Gasteiger partial charge in [0.25, 0.3) is 0 Å². The van der Waals surface area contributed by atoms with E-state index < -0.39 is 47.0 Å². The van der Waals surface area contributed by atoms with Gasteiger partial charge >= 0.3 is 18.2 Å². The molecular weight excluding hydrogens is 549 g/mol. The van der Waals surface area contributed by atoms with Gasteiger partial charge in [0, 0.05) is 12.4 Å². The van der Waals surface area contributed by atoms with Crippen LogP contribution in [0.25, 0.3) is 10.4 Å². The van der Waals surface area contributed by atoms with Crippen LogP contribution < -0.4 is 4.90 Å². The molecule has 1 saturated carbocycles. The summed E-state index contributed by atoms with van der Waals surface area (Å²) in [7, 11) is 0. The Hall–Kier alpha value is -3.58. The molecule has 0 saturated heterocycles. The van der Waals surface area contributed by atoms with Gasteiger partial charge in [0.15, 0.2) is 0 Å². The van der Waals surface area contributed by atoms with Gasteiger partial charge < -0.3 is 14.9 Å². The van der Waals surface area contributed by atoms with Crippen LogP contribution in [-0.4, -0.2) is 42.8 Å². The maximum atomic E-state index is 13.4. The predicted molar refractivity (Wildman–Crippen MR) is 141 cm³/mol. The highest BCUT2D eigenvalue weighted by molar-refractivity contribution is 7.15. The number of nitrogens with zero attached hydrogens (tertiary/aromatic N) is 4. The quantitative estimate of drug-likeness (QED) is 0.353. The fraction of sp³-hybridized carbons (Fsp3) is 0.444. The lowest BCUT2D eigenvalue weighted by atomic mass is 9.79. The Balaban J connectivity index is 1.73. The van der Waals surface area contributed by atoms with Crippen LogP contribution in [0.1, 0.15) is 62.7 Å². The smallest absolute Gasteiger partial charge is 0.433 e. The van der Waals surface area contributed by atoms with Crippen LogP contribution in [-0.2, 0) is 21.3 Å². The predicted octanol–water partition coefficient (Wildman–Crippen LogP) is 6.46. The molecule has 1 fully saturated rings. The van der Waals surface area contributed by atoms with Gasteiger partial charge in [-0.15, -0.1) is 11.3 Å². The Morgan fingerprint density at radius 2 is 1.80 bits per heavy atom. The Bertz CT molecular complexity index is 1410. The summed E-state index contributed by atoms with van der Waals surface area (Å²) in [5.74, 6) is -1.89. The summed E-state index contributed by atoms with van der Waals surface area (Å²) in [6.07, 6.45) is -2.04. The van der Waals surface area contributed by atoms with Gasteiger partial charge in [-0.2, -0.15) is 13.2 Å². The molecular formula is C27H29F3N4O5S. The van der Waals surface area contributed by atoms with Crippen molar-refractivity contribution in [3.63, 3.8) is 0 Å². The number of carboxylic acids is 1. The third kappa shape index (κ3) is 6.58. The average molecular weight is 579 g/mol. The van der Waals surface area contributed by atoms with Crippen LogP contribution in [0.5, 0.6) is 0 Å². The monoisotopic (exact) mass is 578 g/mol. The Labute approximate surface area is 232 Å². The van der Waals surface area contributed by atoms with Crippen molar-refractivity contribution >= 4 is 35.0 Å². The number of carboxylic acid groups (broad SMARTS) is 1. The summed E-state index contributed by atoms with van der Waals surface area (Å²) in [4.78, 5) is 38.0. The first kappa shape index (κ1) is 29.4. The maximum absolute atomic E-state index is 13.4. The number of amides is 1. The number of halogens is 3. The molecule has 1 amide bonds. The number of aliphatic hydroxyl groups is 1. The lowest BCUT2D eigenvalue weighted by Crippen LogP contribution is -2.35. The number of hydrogen-bond donors (Lipinski definition) is 2. The molecule has 0 spiro atoms. The number of alkyl halides is 3. The van der Waals surface area contributed by atoms with Gasteiger partial charge in [-0.3, -0.25) is 4.79 Å². The van der Waals surface area contributed by atoms with Crippen molar-refractivity contribution < 1.29 is 37.7 Å². The Morgan fingerprint density at radius 1 is 1.12 bits per heavy atom. The Morgan fingerprint density at radius 3 is 2.40 bits per heavy atom. The summed E-state index contributed by atoms with van der Waals surface area (Å²) in [6, 6.07) is 5.71. The summed E-state index contributed by atoms with van der Waals surface area (Å²) in [6.45, 7) is 6.65. The lowest BCUT2D eigenvalue weighted by Gasteiger charge is -2.32. The number of hydrogen-bond acceptors (Lipinski definition) is 8. The SMILES string of the molecule is Cc1cc(-c2cnc(C3(O)CCC(C(=O)O)CC3)s2)cc(N(C(=O)OC(C)(C)C)c2nccc(C(F)(F)F)n2)c1. The average Bonchev–Trinajstić information content (AvgIpc) is 3.34. The fourth-order valence-corrected chi connectivity index (χ4v) is 5.49. The van der Waals surface area contributed by atoms with Gasteiger partial charge in [-0.1, -0.05) is 6.07 Å². The number of benzene rings is 1. The molecule has 214 valence electrons. The van der Waals surface area contributed by atoms with Crippen LogP contribution in [0.2, 0.25) is 0 Å². The number of carbonyl (C=O) groups is 2. The van der Waals surface area contributed by atoms with Crippen LogP contribution >= 0.6 is 11.3 Å². The molecule has 0 unspecified atom stereocenters. The molecule has 0 atom stereocenters. The van der Waals surface area contributed by atoms with Crippen molar-refractivity contribution in [1.82, 2.24) is 15.0 Å². The number of aryl methyl sites for hydroxylation is 1. The highest BCUT2D eigenvalue weighted by atomic mass is 32.1. The van der Waals surface area contributed by atoms with Crippen molar-refractivity contribution in [2.75, 3.05) is 4.90 Å². The summed E-state index contributed by atoms with van der Waals surface area (Å²) in [5.41, 5.74) is -1.96. The molecule has 1 aromatic carbocycles. The van der Waals surface area contributed by atoms with Crippen molar-refractivity contribution in [1.29, 1.82) is 0 Å².